The van der Waals surface area contributed by atoms with E-state index in [2.05, 4.69) is 4.74 Å². The number of hydrogen-bond acceptors (Lipinski definition) is 5. The molecule has 10 heavy (non-hydrogen) atoms. The summed E-state index contributed by atoms with van der Waals surface area (Å²) >= 11 is 0. The van der Waals surface area contributed by atoms with Gasteiger partial charge in [0.15, 0.2) is 20.1 Å². The molecule has 0 aliphatic heterocycles. The standard InChI is InChI=1S/C4H9NO4.H2O/c6-2-5-1-4(8)9-3-7;/h5-7H,1-3H2;1H2. The molecule has 0 fully saturated rings. The fourth-order valence-electron chi connectivity index (χ4n) is 0.313. The van der Waals surface area contributed by atoms with Crippen LogP contribution < -0.4 is 5.32 Å². The zero-order chi connectivity index (χ0) is 7.11. The van der Waals surface area contributed by atoms with E-state index < -0.39 is 12.8 Å². The Morgan fingerprint density at radius 3 is 2.50 bits per heavy atom. The van der Waals surface area contributed by atoms with Crippen LogP contribution in [0.15, 0.2) is 0 Å². The van der Waals surface area contributed by atoms with Crippen molar-refractivity contribution < 1.29 is 30.5 Å². The molecule has 5 N–H and O–H groups in total. The molecule has 0 radical (unpaired) electrons. The number of nitrogens with two attached hydrogens (primary N) is 1. The lowest BCUT2D eigenvalue weighted by Gasteiger charge is -1.96. The number of ether oxygens (including phenoxy) is 1. The lowest BCUT2D eigenvalue weighted by Crippen LogP contribution is -2.86. The molecule has 0 rings (SSSR count). The number of aliphatic hydroxyl groups excluding tert-OH is 2. The van der Waals surface area contributed by atoms with Gasteiger partial charge < -0.3 is 25.7 Å². The SMILES string of the molecule is O=C(C[NH2+]CO)OCO.[OH-]. The van der Waals surface area contributed by atoms with Crippen molar-refractivity contribution in [2.75, 3.05) is 20.1 Å². The summed E-state index contributed by atoms with van der Waals surface area (Å²) in [5, 5.41) is 17.5. The second-order valence-corrected chi connectivity index (χ2v) is 1.32. The van der Waals surface area contributed by atoms with Crippen molar-refractivity contribution in [3.05, 3.63) is 0 Å². The van der Waals surface area contributed by atoms with Crippen LogP contribution in [0.3, 0.4) is 0 Å². The Labute approximate surface area is 57.7 Å². The van der Waals surface area contributed by atoms with Crippen molar-refractivity contribution in [2.45, 2.75) is 0 Å². The molecule has 0 spiro atoms. The first-order valence-electron chi connectivity index (χ1n) is 2.50. The third-order valence-electron chi connectivity index (χ3n) is 0.666. The third kappa shape index (κ3) is 7.31. The zero-order valence-corrected chi connectivity index (χ0v) is 5.36. The minimum atomic E-state index is -0.599. The summed E-state index contributed by atoms with van der Waals surface area (Å²) in [6.45, 7) is -0.713. The minimum Gasteiger partial charge on any atom is -0.870 e. The van der Waals surface area contributed by atoms with Crippen LogP contribution in [0, 0.1) is 0 Å². The first-order valence-corrected chi connectivity index (χ1v) is 2.50. The van der Waals surface area contributed by atoms with E-state index in [-0.39, 0.29) is 18.8 Å². The fourth-order valence-corrected chi connectivity index (χ4v) is 0.313. The fraction of sp³-hybridized carbons (Fsp3) is 0.750. The highest BCUT2D eigenvalue weighted by Gasteiger charge is 2.01. The average molecular weight is 153 g/mol. The van der Waals surface area contributed by atoms with E-state index in [0.717, 1.165) is 0 Å². The molecule has 0 aromatic carbocycles. The number of rotatable bonds is 4. The summed E-state index contributed by atoms with van der Waals surface area (Å²) in [5.41, 5.74) is 0. The Hall–Kier alpha value is -0.690. The number of aliphatic hydroxyl groups is 2. The Kier molecular flexibility index (Phi) is 10.00. The largest absolute Gasteiger partial charge is 0.870 e. The number of carbonyl (C=O) groups excluding carboxylic acids is 1. The van der Waals surface area contributed by atoms with Crippen molar-refractivity contribution in [3.63, 3.8) is 0 Å². The second kappa shape index (κ2) is 8.31. The Morgan fingerprint density at radius 1 is 1.50 bits per heavy atom. The van der Waals surface area contributed by atoms with Crippen molar-refractivity contribution in [2.24, 2.45) is 0 Å². The summed E-state index contributed by atoms with van der Waals surface area (Å²) in [5.74, 6) is -0.536. The molecule has 0 bridgehead atoms. The highest BCUT2D eigenvalue weighted by molar-refractivity contribution is 5.69. The molecule has 0 atom stereocenters. The third-order valence-corrected chi connectivity index (χ3v) is 0.666. The molecule has 6 heteroatoms. The van der Waals surface area contributed by atoms with Gasteiger partial charge in [-0.05, 0) is 0 Å². The lowest BCUT2D eigenvalue weighted by molar-refractivity contribution is -0.675. The molecule has 6 nitrogen and oxygen atoms in total. The lowest BCUT2D eigenvalue weighted by atomic mass is 10.7. The highest BCUT2D eigenvalue weighted by Crippen LogP contribution is 1.67. The molecule has 0 aliphatic rings. The molecule has 0 unspecified atom stereocenters. The van der Waals surface area contributed by atoms with Gasteiger partial charge in [0, 0.05) is 0 Å². The molecule has 0 aliphatic carbocycles. The van der Waals surface area contributed by atoms with E-state index in [1.54, 1.807) is 0 Å². The summed E-state index contributed by atoms with van der Waals surface area (Å²) in [4.78, 5) is 10.3. The summed E-state index contributed by atoms with van der Waals surface area (Å²) in [6.07, 6.45) is 0. The number of quaternary nitrogens is 1. The molecule has 0 saturated carbocycles. The monoisotopic (exact) mass is 153 g/mol. The molecule has 0 aromatic heterocycles. The predicted octanol–water partition coefficient (Wildman–Crippen LogP) is -3.18. The van der Waals surface area contributed by atoms with Gasteiger partial charge >= 0.3 is 5.97 Å². The van der Waals surface area contributed by atoms with Crippen molar-refractivity contribution in [3.8, 4) is 0 Å². The smallest absolute Gasteiger partial charge is 0.363 e. The zero-order valence-electron chi connectivity index (χ0n) is 5.36. The molecule has 62 valence electrons. The minimum absolute atomic E-state index is 0. The van der Waals surface area contributed by atoms with Gasteiger partial charge in [-0.2, -0.15) is 0 Å². The molecule has 0 saturated heterocycles. The van der Waals surface area contributed by atoms with E-state index >= 15 is 0 Å². The van der Waals surface area contributed by atoms with Gasteiger partial charge in [0.05, 0.1) is 0 Å². The van der Waals surface area contributed by atoms with Gasteiger partial charge in [0.25, 0.3) is 0 Å². The predicted molar refractivity (Wildman–Crippen MR) is 29.0 cm³/mol. The maximum absolute atomic E-state index is 10.3. The Bertz CT molecular complexity index is 85.7. The van der Waals surface area contributed by atoms with Crippen LogP contribution in [0.5, 0.6) is 0 Å². The van der Waals surface area contributed by atoms with Gasteiger partial charge in [-0.25, -0.2) is 4.79 Å². The van der Waals surface area contributed by atoms with Crippen LogP contribution in [-0.4, -0.2) is 41.7 Å². The second-order valence-electron chi connectivity index (χ2n) is 1.32. The van der Waals surface area contributed by atoms with Crippen LogP contribution in [0.1, 0.15) is 0 Å². The maximum atomic E-state index is 10.3. The maximum Gasteiger partial charge on any atom is 0.363 e. The first-order chi connectivity index (χ1) is 4.31. The summed E-state index contributed by atoms with van der Waals surface area (Å²) in [6, 6.07) is 0. The van der Waals surface area contributed by atoms with E-state index in [4.69, 9.17) is 10.2 Å². The Balaban J connectivity index is 0. The number of carbonyl (C=O) groups is 1. The van der Waals surface area contributed by atoms with Gasteiger partial charge in [-0.3, -0.25) is 0 Å². The molecular formula is C4H11NO5. The van der Waals surface area contributed by atoms with Crippen LogP contribution in [0.25, 0.3) is 0 Å². The normalized spacial score (nSPS) is 8.20. The van der Waals surface area contributed by atoms with E-state index in [0.29, 0.717) is 0 Å². The quantitative estimate of drug-likeness (QED) is 0.291. The van der Waals surface area contributed by atoms with Crippen molar-refractivity contribution >= 4 is 5.97 Å². The number of hydrogen-bond donors (Lipinski definition) is 3. The highest BCUT2D eigenvalue weighted by atomic mass is 16.6. The van der Waals surface area contributed by atoms with Gasteiger partial charge in [-0.15, -0.1) is 0 Å². The van der Waals surface area contributed by atoms with Crippen molar-refractivity contribution in [1.82, 2.24) is 0 Å². The van der Waals surface area contributed by atoms with Gasteiger partial charge in [-0.1, -0.05) is 0 Å². The molecule has 0 aromatic rings. The Morgan fingerprint density at radius 2 is 2.10 bits per heavy atom. The van der Waals surface area contributed by atoms with Crippen LogP contribution in [0.4, 0.5) is 0 Å². The molecule has 0 amide bonds. The molecule has 0 heterocycles. The van der Waals surface area contributed by atoms with Crippen LogP contribution >= 0.6 is 0 Å². The van der Waals surface area contributed by atoms with Crippen LogP contribution in [0.2, 0.25) is 0 Å². The average Bonchev–Trinajstić information content (AvgIpc) is 1.85. The summed E-state index contributed by atoms with van der Waals surface area (Å²) < 4.78 is 4.12. The summed E-state index contributed by atoms with van der Waals surface area (Å²) in [7, 11) is 0. The van der Waals surface area contributed by atoms with E-state index in [1.807, 2.05) is 0 Å². The van der Waals surface area contributed by atoms with Crippen molar-refractivity contribution in [1.29, 1.82) is 0 Å². The number of esters is 1. The first kappa shape index (κ1) is 12.0. The van der Waals surface area contributed by atoms with Gasteiger partial charge in [0.2, 0.25) is 0 Å². The van der Waals surface area contributed by atoms with E-state index in [9.17, 15) is 4.79 Å². The van der Waals surface area contributed by atoms with Gasteiger partial charge in [0.1, 0.15) is 0 Å². The van der Waals surface area contributed by atoms with E-state index in [1.165, 1.54) is 5.32 Å². The topological polar surface area (TPSA) is 113 Å². The van der Waals surface area contributed by atoms with Crippen LogP contribution in [-0.2, 0) is 9.53 Å². The molecular weight excluding hydrogens is 142 g/mol.